The third-order valence-corrected chi connectivity index (χ3v) is 2.70. The Morgan fingerprint density at radius 2 is 2.47 bits per heavy atom. The van der Waals surface area contributed by atoms with Crippen molar-refractivity contribution in [2.75, 3.05) is 7.05 Å². The molecule has 0 aromatic carbocycles. The molecule has 5 heteroatoms. The second-order valence-corrected chi connectivity index (χ2v) is 4.13. The van der Waals surface area contributed by atoms with Gasteiger partial charge in [0.05, 0.1) is 5.02 Å². The minimum atomic E-state index is 0.618. The van der Waals surface area contributed by atoms with E-state index in [0.717, 1.165) is 22.2 Å². The molecular weight excluding hydrogens is 236 g/mol. The number of aromatic nitrogens is 2. The maximum atomic E-state index is 7.33. The summed E-state index contributed by atoms with van der Waals surface area (Å²) in [6.45, 7) is 0. The second kappa shape index (κ2) is 5.01. The second-order valence-electron chi connectivity index (χ2n) is 3.69. The molecule has 0 unspecified atom stereocenters. The topological polar surface area (TPSA) is 64.6 Å². The van der Waals surface area contributed by atoms with Gasteiger partial charge in [0.25, 0.3) is 0 Å². The molecule has 3 N–H and O–H groups in total. The number of allylic oxidation sites excluding steroid dienone is 1. The summed E-state index contributed by atoms with van der Waals surface area (Å²) >= 11 is 5.93. The van der Waals surface area contributed by atoms with Crippen LogP contribution in [0.2, 0.25) is 5.02 Å². The fourth-order valence-corrected chi connectivity index (χ4v) is 1.89. The van der Waals surface area contributed by atoms with Gasteiger partial charge in [-0.05, 0) is 17.2 Å². The zero-order valence-corrected chi connectivity index (χ0v) is 10.2. The van der Waals surface area contributed by atoms with Gasteiger partial charge in [-0.2, -0.15) is 0 Å². The van der Waals surface area contributed by atoms with Crippen LogP contribution in [0.5, 0.6) is 0 Å². The van der Waals surface area contributed by atoms with Crippen LogP contribution in [0, 0.1) is 5.41 Å². The molecule has 0 bridgehead atoms. The summed E-state index contributed by atoms with van der Waals surface area (Å²) in [5.74, 6) is 0. The Kier molecular flexibility index (Phi) is 3.44. The summed E-state index contributed by atoms with van der Waals surface area (Å²) in [7, 11) is 1.82. The van der Waals surface area contributed by atoms with Gasteiger partial charge in [-0.1, -0.05) is 11.6 Å². The molecule has 2 rings (SSSR count). The summed E-state index contributed by atoms with van der Waals surface area (Å²) < 4.78 is 0. The first-order valence-corrected chi connectivity index (χ1v) is 5.60. The molecule has 4 nitrogen and oxygen atoms in total. The molecule has 17 heavy (non-hydrogen) atoms. The number of aromatic amines is 1. The van der Waals surface area contributed by atoms with Crippen LogP contribution in [-0.4, -0.2) is 23.2 Å². The van der Waals surface area contributed by atoms with Gasteiger partial charge in [0, 0.05) is 43.7 Å². The number of fused-ring (bicyclic) bond motifs is 1. The highest BCUT2D eigenvalue weighted by atomic mass is 35.5. The van der Waals surface area contributed by atoms with E-state index in [2.05, 4.69) is 15.3 Å². The number of hydrogen-bond acceptors (Lipinski definition) is 3. The Morgan fingerprint density at radius 3 is 3.18 bits per heavy atom. The molecule has 0 radical (unpaired) electrons. The van der Waals surface area contributed by atoms with Crippen molar-refractivity contribution in [3.63, 3.8) is 0 Å². The number of nitrogens with one attached hydrogen (secondary N) is 3. The van der Waals surface area contributed by atoms with Crippen molar-refractivity contribution in [2.24, 2.45) is 0 Å². The maximum absolute atomic E-state index is 7.33. The summed E-state index contributed by atoms with van der Waals surface area (Å²) in [5, 5.41) is 11.9. The van der Waals surface area contributed by atoms with E-state index in [0.29, 0.717) is 11.4 Å². The minimum Gasteiger partial charge on any atom is -0.394 e. The SMILES string of the molecule is CN/C=C(\C=N)Cc1c[nH]c2ncc(Cl)cc12. The average Bonchev–Trinajstić information content (AvgIpc) is 2.71. The molecule has 88 valence electrons. The van der Waals surface area contributed by atoms with E-state index in [-0.39, 0.29) is 0 Å². The Hall–Kier alpha value is -1.81. The number of halogens is 1. The normalized spacial score (nSPS) is 11.8. The number of pyridine rings is 1. The largest absolute Gasteiger partial charge is 0.394 e. The Bertz CT molecular complexity index is 571. The van der Waals surface area contributed by atoms with Crippen molar-refractivity contribution in [1.82, 2.24) is 15.3 Å². The van der Waals surface area contributed by atoms with Gasteiger partial charge in [-0.25, -0.2) is 4.98 Å². The van der Waals surface area contributed by atoms with Gasteiger partial charge in [-0.15, -0.1) is 0 Å². The Labute approximate surface area is 104 Å². The predicted octanol–water partition coefficient (Wildman–Crippen LogP) is 2.51. The first-order valence-electron chi connectivity index (χ1n) is 5.23. The molecule has 0 aliphatic heterocycles. The van der Waals surface area contributed by atoms with Crippen molar-refractivity contribution in [2.45, 2.75) is 6.42 Å². The monoisotopic (exact) mass is 248 g/mol. The molecular formula is C12H13ClN4. The molecule has 0 saturated heterocycles. The summed E-state index contributed by atoms with van der Waals surface area (Å²) in [6, 6.07) is 1.89. The first kappa shape index (κ1) is 11.7. The van der Waals surface area contributed by atoms with Crippen LogP contribution >= 0.6 is 11.6 Å². The first-order chi connectivity index (χ1) is 8.24. The highest BCUT2D eigenvalue weighted by Crippen LogP contribution is 2.21. The smallest absolute Gasteiger partial charge is 0.137 e. The van der Waals surface area contributed by atoms with Crippen molar-refractivity contribution < 1.29 is 0 Å². The lowest BCUT2D eigenvalue weighted by molar-refractivity contribution is 1.07. The van der Waals surface area contributed by atoms with Crippen LogP contribution in [0.1, 0.15) is 5.56 Å². The lowest BCUT2D eigenvalue weighted by Gasteiger charge is -2.00. The highest BCUT2D eigenvalue weighted by Gasteiger charge is 2.06. The van der Waals surface area contributed by atoms with E-state index in [4.69, 9.17) is 17.0 Å². The number of nitrogens with zero attached hydrogens (tertiary/aromatic N) is 1. The standard InChI is InChI=1S/C12H13ClN4/c1-15-5-8(4-14)2-9-6-16-12-11(9)3-10(13)7-17-12/h3-7,14-15H,2H2,1H3,(H,16,17)/b8-5-,14-4?. The minimum absolute atomic E-state index is 0.618. The fourth-order valence-electron chi connectivity index (χ4n) is 1.73. The average molecular weight is 249 g/mol. The number of hydrogen-bond donors (Lipinski definition) is 3. The molecule has 0 saturated carbocycles. The van der Waals surface area contributed by atoms with Gasteiger partial charge in [0.15, 0.2) is 0 Å². The maximum Gasteiger partial charge on any atom is 0.137 e. The molecule has 0 atom stereocenters. The lowest BCUT2D eigenvalue weighted by atomic mass is 10.1. The lowest BCUT2D eigenvalue weighted by Crippen LogP contribution is -1.99. The van der Waals surface area contributed by atoms with Gasteiger partial charge in [0.1, 0.15) is 5.65 Å². The van der Waals surface area contributed by atoms with E-state index in [9.17, 15) is 0 Å². The van der Waals surface area contributed by atoms with E-state index in [1.54, 1.807) is 6.20 Å². The third kappa shape index (κ3) is 2.47. The van der Waals surface area contributed by atoms with Crippen LogP contribution in [0.4, 0.5) is 0 Å². The molecule has 0 aliphatic rings. The van der Waals surface area contributed by atoms with Crippen molar-refractivity contribution in [3.05, 3.63) is 40.8 Å². The zero-order chi connectivity index (χ0) is 12.3. The highest BCUT2D eigenvalue weighted by molar-refractivity contribution is 6.31. The van der Waals surface area contributed by atoms with E-state index in [1.807, 2.05) is 25.5 Å². The molecule has 2 aromatic rings. The van der Waals surface area contributed by atoms with Crippen LogP contribution in [0.15, 0.2) is 30.2 Å². The summed E-state index contributed by atoms with van der Waals surface area (Å²) in [4.78, 5) is 7.30. The van der Waals surface area contributed by atoms with Crippen LogP contribution in [0.3, 0.4) is 0 Å². The van der Waals surface area contributed by atoms with Gasteiger partial charge in [-0.3, -0.25) is 0 Å². The Balaban J connectivity index is 2.39. The molecule has 0 amide bonds. The summed E-state index contributed by atoms with van der Waals surface area (Å²) in [6.07, 6.45) is 7.34. The fraction of sp³-hybridized carbons (Fsp3) is 0.167. The van der Waals surface area contributed by atoms with Gasteiger partial charge < -0.3 is 15.7 Å². The molecule has 0 aliphatic carbocycles. The zero-order valence-electron chi connectivity index (χ0n) is 9.42. The molecule has 0 spiro atoms. The third-order valence-electron chi connectivity index (χ3n) is 2.49. The van der Waals surface area contributed by atoms with E-state index in [1.165, 1.54) is 6.21 Å². The van der Waals surface area contributed by atoms with Crippen LogP contribution < -0.4 is 5.32 Å². The number of H-pyrrole nitrogens is 1. The van der Waals surface area contributed by atoms with Crippen molar-refractivity contribution in [3.8, 4) is 0 Å². The van der Waals surface area contributed by atoms with Crippen molar-refractivity contribution >= 4 is 28.8 Å². The van der Waals surface area contributed by atoms with Gasteiger partial charge >= 0.3 is 0 Å². The van der Waals surface area contributed by atoms with Crippen LogP contribution in [-0.2, 0) is 6.42 Å². The van der Waals surface area contributed by atoms with E-state index >= 15 is 0 Å². The summed E-state index contributed by atoms with van der Waals surface area (Å²) in [5.41, 5.74) is 2.80. The predicted molar refractivity (Wildman–Crippen MR) is 70.7 cm³/mol. The van der Waals surface area contributed by atoms with Gasteiger partial charge in [0.2, 0.25) is 0 Å². The molecule has 2 aromatic heterocycles. The quantitative estimate of drug-likeness (QED) is 0.728. The number of rotatable bonds is 4. The van der Waals surface area contributed by atoms with E-state index < -0.39 is 0 Å². The van der Waals surface area contributed by atoms with Crippen LogP contribution in [0.25, 0.3) is 11.0 Å². The Morgan fingerprint density at radius 1 is 1.65 bits per heavy atom. The van der Waals surface area contributed by atoms with Crippen molar-refractivity contribution in [1.29, 1.82) is 5.41 Å². The molecule has 0 fully saturated rings. The molecule has 2 heterocycles.